The van der Waals surface area contributed by atoms with Crippen LogP contribution in [0.3, 0.4) is 0 Å². The molecule has 0 unspecified atom stereocenters. The highest BCUT2D eigenvalue weighted by atomic mass is 16.5. The van der Waals surface area contributed by atoms with Crippen LogP contribution in [-0.4, -0.2) is 23.6 Å². The Balaban J connectivity index is 2.41. The molecule has 1 aliphatic rings. The van der Waals surface area contributed by atoms with E-state index >= 15 is 0 Å². The average molecular weight is 235 g/mol. The number of hydrogen-bond acceptors (Lipinski definition) is 3. The van der Waals surface area contributed by atoms with Gasteiger partial charge in [-0.3, -0.25) is 4.79 Å². The van der Waals surface area contributed by atoms with Crippen molar-refractivity contribution in [3.63, 3.8) is 0 Å². The molecule has 1 heterocycles. The molecule has 0 aliphatic carbocycles. The van der Waals surface area contributed by atoms with Gasteiger partial charge in [0, 0.05) is 0 Å². The van der Waals surface area contributed by atoms with Gasteiger partial charge in [0.05, 0.1) is 16.7 Å². The van der Waals surface area contributed by atoms with Crippen molar-refractivity contribution in [2.24, 2.45) is 5.41 Å². The summed E-state index contributed by atoms with van der Waals surface area (Å²) >= 11 is 0. The van der Waals surface area contributed by atoms with Gasteiger partial charge in [-0.2, -0.15) is 0 Å². The molecule has 0 spiro atoms. The highest BCUT2D eigenvalue weighted by Crippen LogP contribution is 2.32. The van der Waals surface area contributed by atoms with Crippen LogP contribution in [-0.2, 0) is 4.79 Å². The van der Waals surface area contributed by atoms with Crippen molar-refractivity contribution < 1.29 is 19.4 Å². The number of rotatable bonds is 1. The first kappa shape index (κ1) is 11.4. The Morgan fingerprint density at radius 2 is 2.18 bits per heavy atom. The number of anilines is 1. The molecule has 0 fully saturated rings. The summed E-state index contributed by atoms with van der Waals surface area (Å²) in [6.45, 7) is 3.80. The molecule has 90 valence electrons. The van der Waals surface area contributed by atoms with Crippen molar-refractivity contribution in [2.75, 3.05) is 11.9 Å². The van der Waals surface area contributed by atoms with Crippen molar-refractivity contribution in [1.29, 1.82) is 0 Å². The van der Waals surface area contributed by atoms with E-state index in [0.717, 1.165) is 0 Å². The number of carbonyl (C=O) groups excluding carboxylic acids is 1. The number of carbonyl (C=O) groups is 2. The zero-order valence-electron chi connectivity index (χ0n) is 9.61. The second-order valence-electron chi connectivity index (χ2n) is 4.64. The van der Waals surface area contributed by atoms with Crippen LogP contribution < -0.4 is 10.1 Å². The van der Waals surface area contributed by atoms with Gasteiger partial charge >= 0.3 is 5.97 Å². The summed E-state index contributed by atoms with van der Waals surface area (Å²) in [6.07, 6.45) is 0. The summed E-state index contributed by atoms with van der Waals surface area (Å²) in [4.78, 5) is 22.7. The first-order chi connectivity index (χ1) is 7.90. The Hall–Kier alpha value is -2.04. The maximum Gasteiger partial charge on any atom is 0.335 e. The normalized spacial score (nSPS) is 17.4. The summed E-state index contributed by atoms with van der Waals surface area (Å²) in [5.41, 5.74) is -0.115. The van der Waals surface area contributed by atoms with Crippen molar-refractivity contribution in [3.8, 4) is 5.75 Å². The lowest BCUT2D eigenvalue weighted by molar-refractivity contribution is -0.124. The van der Waals surface area contributed by atoms with E-state index in [1.54, 1.807) is 19.9 Å². The van der Waals surface area contributed by atoms with Crippen LogP contribution in [0.1, 0.15) is 24.2 Å². The summed E-state index contributed by atoms with van der Waals surface area (Å²) in [7, 11) is 0. The molecule has 0 aromatic heterocycles. The molecule has 0 atom stereocenters. The van der Waals surface area contributed by atoms with E-state index in [4.69, 9.17) is 9.84 Å². The summed E-state index contributed by atoms with van der Waals surface area (Å²) < 4.78 is 5.49. The number of carboxylic acid groups (broad SMARTS) is 1. The highest BCUT2D eigenvalue weighted by molar-refractivity contribution is 5.98. The van der Waals surface area contributed by atoms with Gasteiger partial charge in [0.15, 0.2) is 0 Å². The smallest absolute Gasteiger partial charge is 0.335 e. The maximum atomic E-state index is 11.8. The number of benzene rings is 1. The quantitative estimate of drug-likeness (QED) is 0.777. The third-order valence-corrected chi connectivity index (χ3v) is 2.68. The fraction of sp³-hybridized carbons (Fsp3) is 0.333. The molecule has 0 saturated heterocycles. The zero-order chi connectivity index (χ0) is 12.6. The number of fused-ring (bicyclic) bond motifs is 1. The molecule has 1 aliphatic heterocycles. The molecule has 1 amide bonds. The van der Waals surface area contributed by atoms with Gasteiger partial charge in [0.2, 0.25) is 5.91 Å². The van der Waals surface area contributed by atoms with Gasteiger partial charge in [-0.15, -0.1) is 0 Å². The number of carboxylic acids is 1. The molecule has 2 rings (SSSR count). The summed E-state index contributed by atoms with van der Waals surface area (Å²) in [5, 5.41) is 11.6. The van der Waals surface area contributed by atoms with Gasteiger partial charge in [0.25, 0.3) is 0 Å². The fourth-order valence-electron chi connectivity index (χ4n) is 1.50. The molecule has 0 bridgehead atoms. The van der Waals surface area contributed by atoms with Crippen molar-refractivity contribution in [3.05, 3.63) is 23.8 Å². The van der Waals surface area contributed by atoms with Crippen LogP contribution in [0.25, 0.3) is 0 Å². The van der Waals surface area contributed by atoms with Gasteiger partial charge in [-0.25, -0.2) is 4.79 Å². The monoisotopic (exact) mass is 235 g/mol. The van der Waals surface area contributed by atoms with Crippen LogP contribution in [0.15, 0.2) is 18.2 Å². The Morgan fingerprint density at radius 1 is 1.47 bits per heavy atom. The van der Waals surface area contributed by atoms with Crippen LogP contribution >= 0.6 is 0 Å². The van der Waals surface area contributed by atoms with Gasteiger partial charge < -0.3 is 15.2 Å². The van der Waals surface area contributed by atoms with Crippen molar-refractivity contribution in [2.45, 2.75) is 13.8 Å². The lowest BCUT2D eigenvalue weighted by atomic mass is 9.94. The average Bonchev–Trinajstić information content (AvgIpc) is 2.36. The van der Waals surface area contributed by atoms with Crippen LogP contribution in [0, 0.1) is 5.41 Å². The zero-order valence-corrected chi connectivity index (χ0v) is 9.61. The van der Waals surface area contributed by atoms with E-state index < -0.39 is 11.4 Å². The largest absolute Gasteiger partial charge is 0.490 e. The number of aromatic carboxylic acids is 1. The molecule has 0 saturated carbocycles. The predicted molar refractivity (Wildman–Crippen MR) is 61.3 cm³/mol. The maximum absolute atomic E-state index is 11.8. The Kier molecular flexibility index (Phi) is 2.53. The van der Waals surface area contributed by atoms with Crippen LogP contribution in [0.5, 0.6) is 5.75 Å². The Labute approximate surface area is 98.4 Å². The molecule has 2 N–H and O–H groups in total. The predicted octanol–water partition coefficient (Wildman–Crippen LogP) is 1.74. The van der Waals surface area contributed by atoms with Gasteiger partial charge in [-0.1, -0.05) is 0 Å². The topological polar surface area (TPSA) is 75.6 Å². The van der Waals surface area contributed by atoms with E-state index in [1.807, 2.05) is 0 Å². The van der Waals surface area contributed by atoms with Crippen molar-refractivity contribution >= 4 is 17.6 Å². The number of ether oxygens (including phenoxy) is 1. The first-order valence-electron chi connectivity index (χ1n) is 5.22. The number of amides is 1. The fourth-order valence-corrected chi connectivity index (χ4v) is 1.50. The third kappa shape index (κ3) is 2.08. The van der Waals surface area contributed by atoms with Gasteiger partial charge in [0.1, 0.15) is 12.4 Å². The molecule has 5 nitrogen and oxygen atoms in total. The first-order valence-corrected chi connectivity index (χ1v) is 5.22. The minimum atomic E-state index is -1.04. The standard InChI is InChI=1S/C12H13NO4/c1-12(2)6-17-9-4-3-7(10(14)15)5-8(9)13-11(12)16/h3-5H,6H2,1-2H3,(H,13,16)(H,14,15). The second kappa shape index (κ2) is 3.76. The molecular weight excluding hydrogens is 222 g/mol. The van der Waals surface area contributed by atoms with E-state index in [0.29, 0.717) is 11.4 Å². The van der Waals surface area contributed by atoms with Crippen LogP contribution in [0.4, 0.5) is 5.69 Å². The minimum Gasteiger partial charge on any atom is -0.490 e. The number of hydrogen-bond donors (Lipinski definition) is 2. The molecular formula is C12H13NO4. The lowest BCUT2D eigenvalue weighted by Gasteiger charge is -2.18. The molecule has 5 heteroatoms. The number of nitrogens with one attached hydrogen (secondary N) is 1. The highest BCUT2D eigenvalue weighted by Gasteiger charge is 2.32. The van der Waals surface area contributed by atoms with E-state index in [1.165, 1.54) is 12.1 Å². The third-order valence-electron chi connectivity index (χ3n) is 2.68. The van der Waals surface area contributed by atoms with Crippen LogP contribution in [0.2, 0.25) is 0 Å². The van der Waals surface area contributed by atoms with E-state index in [2.05, 4.69) is 5.32 Å². The van der Waals surface area contributed by atoms with E-state index in [-0.39, 0.29) is 18.1 Å². The SMILES string of the molecule is CC1(C)COc2ccc(C(=O)O)cc2NC1=O. The molecule has 1 aromatic carbocycles. The van der Waals surface area contributed by atoms with Crippen molar-refractivity contribution in [1.82, 2.24) is 0 Å². The second-order valence-corrected chi connectivity index (χ2v) is 4.64. The van der Waals surface area contributed by atoms with Gasteiger partial charge in [-0.05, 0) is 32.0 Å². The molecule has 0 radical (unpaired) electrons. The molecule has 1 aromatic rings. The molecule has 17 heavy (non-hydrogen) atoms. The lowest BCUT2D eigenvalue weighted by Crippen LogP contribution is -2.33. The Morgan fingerprint density at radius 3 is 2.82 bits per heavy atom. The minimum absolute atomic E-state index is 0.118. The summed E-state index contributed by atoms with van der Waals surface area (Å²) in [6, 6.07) is 4.41. The Bertz CT molecular complexity index is 493. The van der Waals surface area contributed by atoms with E-state index in [9.17, 15) is 9.59 Å². The summed E-state index contributed by atoms with van der Waals surface area (Å²) in [5.74, 6) is -0.724.